The number of hydrogen-bond acceptors (Lipinski definition) is 3. The van der Waals surface area contributed by atoms with Crippen LogP contribution in [0.15, 0.2) is 30.5 Å². The van der Waals surface area contributed by atoms with E-state index in [1.54, 1.807) is 0 Å². The third kappa shape index (κ3) is 2.24. The van der Waals surface area contributed by atoms with Gasteiger partial charge in [0.2, 0.25) is 6.79 Å². The number of benzene rings is 1. The summed E-state index contributed by atoms with van der Waals surface area (Å²) in [6.07, 6.45) is 1.95. The minimum atomic E-state index is 0.0676. The Morgan fingerprint density at radius 3 is 2.50 bits per heavy atom. The monoisotopic (exact) mass is 269 g/mol. The summed E-state index contributed by atoms with van der Waals surface area (Å²) in [5.74, 6) is 1.62. The highest BCUT2D eigenvalue weighted by Crippen LogP contribution is 2.37. The van der Waals surface area contributed by atoms with Crippen molar-refractivity contribution in [1.29, 1.82) is 0 Å². The van der Waals surface area contributed by atoms with Crippen LogP contribution in [0.3, 0.4) is 0 Å². The Morgan fingerprint density at radius 2 is 1.80 bits per heavy atom. The van der Waals surface area contributed by atoms with Gasteiger partial charge in [-0.15, -0.1) is 0 Å². The molecule has 3 heteroatoms. The van der Waals surface area contributed by atoms with Gasteiger partial charge in [0, 0.05) is 22.9 Å². The van der Waals surface area contributed by atoms with Gasteiger partial charge in [0.1, 0.15) is 0 Å². The van der Waals surface area contributed by atoms with Crippen molar-refractivity contribution in [2.75, 3.05) is 6.79 Å². The average molecular weight is 269 g/mol. The summed E-state index contributed by atoms with van der Waals surface area (Å²) in [5, 5.41) is 0. The number of rotatable bonds is 1. The Morgan fingerprint density at radius 1 is 1.05 bits per heavy atom. The molecule has 2 aromatic rings. The van der Waals surface area contributed by atoms with Crippen LogP contribution in [-0.2, 0) is 5.41 Å². The van der Waals surface area contributed by atoms with Gasteiger partial charge in [0.15, 0.2) is 11.5 Å². The van der Waals surface area contributed by atoms with Crippen LogP contribution >= 0.6 is 0 Å². The quantitative estimate of drug-likeness (QED) is 0.781. The first kappa shape index (κ1) is 13.0. The van der Waals surface area contributed by atoms with Crippen molar-refractivity contribution >= 4 is 0 Å². The number of aryl methyl sites for hydroxylation is 1. The second-order valence-electron chi connectivity index (χ2n) is 6.20. The molecule has 0 unspecified atom stereocenters. The summed E-state index contributed by atoms with van der Waals surface area (Å²) >= 11 is 0. The predicted octanol–water partition coefficient (Wildman–Crippen LogP) is 4.08. The summed E-state index contributed by atoms with van der Waals surface area (Å²) in [6.45, 7) is 8.95. The van der Waals surface area contributed by atoms with Gasteiger partial charge in [-0.2, -0.15) is 0 Å². The summed E-state index contributed by atoms with van der Waals surface area (Å²) in [4.78, 5) is 4.61. The zero-order valence-corrected chi connectivity index (χ0v) is 12.4. The van der Waals surface area contributed by atoms with Crippen molar-refractivity contribution in [3.63, 3.8) is 0 Å². The molecule has 0 aliphatic carbocycles. The number of ether oxygens (including phenoxy) is 2. The maximum absolute atomic E-state index is 5.44. The third-order valence-corrected chi connectivity index (χ3v) is 3.56. The second-order valence-corrected chi connectivity index (χ2v) is 6.20. The Balaban J connectivity index is 2.03. The summed E-state index contributed by atoms with van der Waals surface area (Å²) < 4.78 is 10.8. The van der Waals surface area contributed by atoms with Crippen LogP contribution < -0.4 is 9.47 Å². The zero-order chi connectivity index (χ0) is 14.3. The van der Waals surface area contributed by atoms with Crippen LogP contribution in [0.25, 0.3) is 11.1 Å². The van der Waals surface area contributed by atoms with Crippen molar-refractivity contribution in [3.05, 3.63) is 41.7 Å². The summed E-state index contributed by atoms with van der Waals surface area (Å²) in [5.41, 5.74) is 4.65. The summed E-state index contributed by atoms with van der Waals surface area (Å²) in [6, 6.07) is 8.19. The molecule has 0 atom stereocenters. The van der Waals surface area contributed by atoms with E-state index >= 15 is 0 Å². The van der Waals surface area contributed by atoms with E-state index in [0.29, 0.717) is 6.79 Å². The number of fused-ring (bicyclic) bond motifs is 1. The lowest BCUT2D eigenvalue weighted by molar-refractivity contribution is 0.174. The molecular formula is C17H19NO2. The van der Waals surface area contributed by atoms with Crippen LogP contribution in [0.5, 0.6) is 11.5 Å². The van der Waals surface area contributed by atoms with Gasteiger partial charge in [-0.05, 0) is 36.2 Å². The van der Waals surface area contributed by atoms with Gasteiger partial charge in [-0.3, -0.25) is 4.98 Å². The maximum Gasteiger partial charge on any atom is 0.231 e. The fourth-order valence-corrected chi connectivity index (χ4v) is 2.33. The topological polar surface area (TPSA) is 31.4 Å². The zero-order valence-electron chi connectivity index (χ0n) is 12.4. The van der Waals surface area contributed by atoms with E-state index in [1.807, 2.05) is 24.4 Å². The normalized spacial score (nSPS) is 13.6. The van der Waals surface area contributed by atoms with Crippen molar-refractivity contribution in [1.82, 2.24) is 4.98 Å². The van der Waals surface area contributed by atoms with Gasteiger partial charge in [0.05, 0.1) is 0 Å². The van der Waals surface area contributed by atoms with Crippen molar-refractivity contribution in [2.24, 2.45) is 0 Å². The second kappa shape index (κ2) is 4.51. The fourth-order valence-electron chi connectivity index (χ4n) is 2.33. The smallest absolute Gasteiger partial charge is 0.231 e. The first-order chi connectivity index (χ1) is 9.45. The van der Waals surface area contributed by atoms with Crippen molar-refractivity contribution < 1.29 is 9.47 Å². The lowest BCUT2D eigenvalue weighted by atomic mass is 9.89. The van der Waals surface area contributed by atoms with E-state index in [4.69, 9.17) is 9.47 Å². The Kier molecular flexibility index (Phi) is 2.93. The Hall–Kier alpha value is -2.03. The van der Waals surface area contributed by atoms with E-state index < -0.39 is 0 Å². The molecule has 0 N–H and O–H groups in total. The van der Waals surface area contributed by atoms with E-state index in [-0.39, 0.29) is 5.41 Å². The van der Waals surface area contributed by atoms with E-state index in [9.17, 15) is 0 Å². The highest BCUT2D eigenvalue weighted by atomic mass is 16.7. The van der Waals surface area contributed by atoms with E-state index in [1.165, 1.54) is 5.56 Å². The predicted molar refractivity (Wildman–Crippen MR) is 79.2 cm³/mol. The molecule has 0 bridgehead atoms. The SMILES string of the molecule is Cc1cc(C(C)(C)C)ncc1-c1ccc2c(c1)OCO2. The lowest BCUT2D eigenvalue weighted by Crippen LogP contribution is -2.13. The molecule has 1 aromatic carbocycles. The van der Waals surface area contributed by atoms with E-state index in [2.05, 4.69) is 38.7 Å². The Bertz CT molecular complexity index is 657. The molecule has 3 rings (SSSR count). The van der Waals surface area contributed by atoms with E-state index in [0.717, 1.165) is 28.3 Å². The first-order valence-corrected chi connectivity index (χ1v) is 6.82. The number of pyridine rings is 1. The third-order valence-electron chi connectivity index (χ3n) is 3.56. The molecule has 104 valence electrons. The largest absolute Gasteiger partial charge is 0.454 e. The molecule has 2 heterocycles. The van der Waals surface area contributed by atoms with Crippen LogP contribution in [0.2, 0.25) is 0 Å². The molecule has 20 heavy (non-hydrogen) atoms. The lowest BCUT2D eigenvalue weighted by Gasteiger charge is -2.19. The highest BCUT2D eigenvalue weighted by molar-refractivity contribution is 5.69. The molecule has 1 aliphatic rings. The molecule has 0 spiro atoms. The molecular weight excluding hydrogens is 250 g/mol. The standard InChI is InChI=1S/C17H19NO2/c1-11-7-16(17(2,3)4)18-9-13(11)12-5-6-14-15(8-12)20-10-19-14/h5-9H,10H2,1-4H3. The minimum absolute atomic E-state index is 0.0676. The van der Waals surface area contributed by atoms with Gasteiger partial charge < -0.3 is 9.47 Å². The van der Waals surface area contributed by atoms with Crippen molar-refractivity contribution in [3.8, 4) is 22.6 Å². The minimum Gasteiger partial charge on any atom is -0.454 e. The Labute approximate surface area is 119 Å². The molecule has 0 fully saturated rings. The molecule has 0 saturated carbocycles. The van der Waals surface area contributed by atoms with Crippen LogP contribution in [0.4, 0.5) is 0 Å². The number of aromatic nitrogens is 1. The van der Waals surface area contributed by atoms with Crippen LogP contribution in [0.1, 0.15) is 32.0 Å². The molecule has 3 nitrogen and oxygen atoms in total. The average Bonchev–Trinajstić information content (AvgIpc) is 2.84. The van der Waals surface area contributed by atoms with Gasteiger partial charge in [-0.25, -0.2) is 0 Å². The number of hydrogen-bond donors (Lipinski definition) is 0. The summed E-state index contributed by atoms with van der Waals surface area (Å²) in [7, 11) is 0. The fraction of sp³-hybridized carbons (Fsp3) is 0.353. The number of nitrogens with zero attached hydrogens (tertiary/aromatic N) is 1. The molecule has 0 amide bonds. The molecule has 0 radical (unpaired) electrons. The molecule has 1 aromatic heterocycles. The van der Waals surface area contributed by atoms with Gasteiger partial charge in [-0.1, -0.05) is 26.8 Å². The molecule has 1 aliphatic heterocycles. The highest BCUT2D eigenvalue weighted by Gasteiger charge is 2.18. The van der Waals surface area contributed by atoms with Crippen LogP contribution in [0, 0.1) is 6.92 Å². The molecule has 0 saturated heterocycles. The van der Waals surface area contributed by atoms with Gasteiger partial charge in [0.25, 0.3) is 0 Å². The van der Waals surface area contributed by atoms with Crippen molar-refractivity contribution in [2.45, 2.75) is 33.1 Å². The van der Waals surface area contributed by atoms with Crippen LogP contribution in [-0.4, -0.2) is 11.8 Å². The maximum atomic E-state index is 5.44. The first-order valence-electron chi connectivity index (χ1n) is 6.82. The van der Waals surface area contributed by atoms with Gasteiger partial charge >= 0.3 is 0 Å².